The molecule has 2 aromatic rings. The van der Waals surface area contributed by atoms with Crippen molar-refractivity contribution in [2.24, 2.45) is 5.92 Å². The van der Waals surface area contributed by atoms with Crippen LogP contribution in [0.2, 0.25) is 5.02 Å². The van der Waals surface area contributed by atoms with Crippen molar-refractivity contribution < 1.29 is 9.90 Å². The van der Waals surface area contributed by atoms with Crippen LogP contribution >= 0.6 is 11.6 Å². The number of nitrogens with zero attached hydrogens (tertiary/aromatic N) is 2. The van der Waals surface area contributed by atoms with Gasteiger partial charge in [0.1, 0.15) is 0 Å². The first-order valence-electron chi connectivity index (χ1n) is 11.5. The minimum atomic E-state index is -0.832. The molecule has 4 atom stereocenters. The van der Waals surface area contributed by atoms with Gasteiger partial charge in [0.2, 0.25) is 0 Å². The number of amides is 1. The quantitative estimate of drug-likeness (QED) is 0.699. The lowest BCUT2D eigenvalue weighted by molar-refractivity contribution is -0.0109. The van der Waals surface area contributed by atoms with E-state index in [0.29, 0.717) is 28.5 Å². The van der Waals surface area contributed by atoms with Crippen molar-refractivity contribution in [2.75, 3.05) is 20.6 Å². The molecule has 4 unspecified atom stereocenters. The second-order valence-electron chi connectivity index (χ2n) is 9.96. The molecule has 1 aromatic carbocycles. The van der Waals surface area contributed by atoms with Crippen LogP contribution in [0, 0.1) is 5.92 Å². The molecule has 0 bridgehead atoms. The van der Waals surface area contributed by atoms with Crippen LogP contribution in [-0.4, -0.2) is 53.2 Å². The Labute approximate surface area is 190 Å². The Hall–Kier alpha value is -1.69. The lowest BCUT2D eigenvalue weighted by Crippen LogP contribution is -2.45. The molecule has 31 heavy (non-hydrogen) atoms. The molecule has 2 aliphatic carbocycles. The molecule has 168 valence electrons. The fourth-order valence-electron chi connectivity index (χ4n) is 5.47. The van der Waals surface area contributed by atoms with Gasteiger partial charge in [0.05, 0.1) is 21.7 Å². The Morgan fingerprint density at radius 1 is 1.26 bits per heavy atom. The molecule has 0 aliphatic heterocycles. The van der Waals surface area contributed by atoms with Crippen molar-refractivity contribution in [1.29, 1.82) is 0 Å². The number of hydrogen-bond donors (Lipinski definition) is 2. The predicted molar refractivity (Wildman–Crippen MR) is 126 cm³/mol. The molecule has 0 radical (unpaired) electrons. The van der Waals surface area contributed by atoms with Crippen molar-refractivity contribution in [3.05, 3.63) is 40.5 Å². The highest BCUT2D eigenvalue weighted by atomic mass is 35.5. The largest absolute Gasteiger partial charge is 0.388 e. The molecular formula is C25H34ClN3O2. The second-order valence-corrected chi connectivity index (χ2v) is 10.4. The molecule has 5 nitrogen and oxygen atoms in total. The van der Waals surface area contributed by atoms with E-state index in [4.69, 9.17) is 16.6 Å². The third kappa shape index (κ3) is 4.89. The van der Waals surface area contributed by atoms with Crippen LogP contribution in [0.1, 0.15) is 73.8 Å². The molecule has 2 aliphatic rings. The summed E-state index contributed by atoms with van der Waals surface area (Å²) >= 11 is 6.44. The Morgan fingerprint density at radius 2 is 2.06 bits per heavy atom. The van der Waals surface area contributed by atoms with E-state index >= 15 is 0 Å². The van der Waals surface area contributed by atoms with Crippen LogP contribution in [0.4, 0.5) is 0 Å². The number of hydrogen-bond acceptors (Lipinski definition) is 4. The monoisotopic (exact) mass is 443 g/mol. The zero-order valence-electron chi connectivity index (χ0n) is 18.8. The number of aromatic nitrogens is 1. The number of carbonyl (C=O) groups excluding carboxylic acids is 1. The maximum Gasteiger partial charge on any atom is 0.253 e. The summed E-state index contributed by atoms with van der Waals surface area (Å²) in [5.41, 5.74) is 1.51. The van der Waals surface area contributed by atoms with E-state index in [1.807, 2.05) is 12.1 Å². The minimum Gasteiger partial charge on any atom is -0.388 e. The number of carbonyl (C=O) groups is 1. The molecule has 2 saturated carbocycles. The number of rotatable bonds is 5. The summed E-state index contributed by atoms with van der Waals surface area (Å²) in [6.45, 7) is 2.41. The highest BCUT2D eigenvalue weighted by molar-refractivity contribution is 6.35. The maximum absolute atomic E-state index is 13.1. The number of aliphatic hydroxyl groups is 1. The predicted octanol–water partition coefficient (Wildman–Crippen LogP) is 4.76. The average molecular weight is 444 g/mol. The van der Waals surface area contributed by atoms with Gasteiger partial charge in [-0.2, -0.15) is 0 Å². The average Bonchev–Trinajstić information content (AvgIpc) is 3.22. The molecule has 2 fully saturated rings. The van der Waals surface area contributed by atoms with Gasteiger partial charge in [-0.25, -0.2) is 0 Å². The number of nitrogens with one attached hydrogen (secondary N) is 1. The number of benzene rings is 1. The first kappa shape index (κ1) is 22.5. The van der Waals surface area contributed by atoms with Crippen LogP contribution in [0.3, 0.4) is 0 Å². The Bertz CT molecular complexity index is 963. The number of halogens is 1. The fourth-order valence-corrected chi connectivity index (χ4v) is 5.72. The molecule has 2 N–H and O–H groups in total. The summed E-state index contributed by atoms with van der Waals surface area (Å²) in [6.07, 6.45) is 7.01. The zero-order chi connectivity index (χ0) is 22.2. The van der Waals surface area contributed by atoms with Gasteiger partial charge in [-0.3, -0.25) is 9.78 Å². The van der Waals surface area contributed by atoms with Crippen LogP contribution in [0.25, 0.3) is 10.9 Å². The first-order valence-corrected chi connectivity index (χ1v) is 11.9. The molecular weight excluding hydrogens is 410 g/mol. The van der Waals surface area contributed by atoms with Gasteiger partial charge in [0.25, 0.3) is 5.91 Å². The summed E-state index contributed by atoms with van der Waals surface area (Å²) in [4.78, 5) is 20.3. The van der Waals surface area contributed by atoms with Crippen LogP contribution in [0.15, 0.2) is 24.3 Å². The normalized spacial score (nSPS) is 28.9. The van der Waals surface area contributed by atoms with Crippen molar-refractivity contribution in [1.82, 2.24) is 15.2 Å². The van der Waals surface area contributed by atoms with E-state index in [9.17, 15) is 9.90 Å². The molecule has 0 spiro atoms. The van der Waals surface area contributed by atoms with Crippen molar-refractivity contribution in [3.8, 4) is 0 Å². The third-order valence-corrected chi connectivity index (χ3v) is 7.58. The molecule has 1 heterocycles. The third-order valence-electron chi connectivity index (χ3n) is 7.27. The molecule has 1 aromatic heterocycles. The van der Waals surface area contributed by atoms with Crippen LogP contribution in [-0.2, 0) is 0 Å². The van der Waals surface area contributed by atoms with Gasteiger partial charge in [-0.1, -0.05) is 37.4 Å². The highest BCUT2D eigenvalue weighted by Gasteiger charge is 2.33. The summed E-state index contributed by atoms with van der Waals surface area (Å²) in [5, 5.41) is 15.0. The zero-order valence-corrected chi connectivity index (χ0v) is 19.6. The smallest absolute Gasteiger partial charge is 0.253 e. The summed E-state index contributed by atoms with van der Waals surface area (Å²) in [5.74, 6) is 0.680. The van der Waals surface area contributed by atoms with E-state index < -0.39 is 5.60 Å². The van der Waals surface area contributed by atoms with Gasteiger partial charge < -0.3 is 15.3 Å². The lowest BCUT2D eigenvalue weighted by atomic mass is 9.79. The number of fused-ring (bicyclic) bond motifs is 1. The summed E-state index contributed by atoms with van der Waals surface area (Å²) < 4.78 is 0. The Morgan fingerprint density at radius 3 is 2.77 bits per heavy atom. The van der Waals surface area contributed by atoms with Gasteiger partial charge in [0, 0.05) is 29.6 Å². The Kier molecular flexibility index (Phi) is 6.57. The number of pyridine rings is 1. The molecule has 1 amide bonds. The maximum atomic E-state index is 13.1. The molecule has 6 heteroatoms. The van der Waals surface area contributed by atoms with E-state index in [1.165, 1.54) is 6.42 Å². The van der Waals surface area contributed by atoms with Crippen LogP contribution < -0.4 is 5.32 Å². The fraction of sp³-hybridized carbons (Fsp3) is 0.600. The van der Waals surface area contributed by atoms with E-state index in [1.54, 1.807) is 6.07 Å². The van der Waals surface area contributed by atoms with Gasteiger partial charge >= 0.3 is 0 Å². The van der Waals surface area contributed by atoms with E-state index in [0.717, 1.165) is 55.1 Å². The van der Waals surface area contributed by atoms with Gasteiger partial charge in [0.15, 0.2) is 0 Å². The minimum absolute atomic E-state index is 0.245. The van der Waals surface area contributed by atoms with Gasteiger partial charge in [-0.15, -0.1) is 0 Å². The van der Waals surface area contributed by atoms with Crippen molar-refractivity contribution in [3.63, 3.8) is 0 Å². The van der Waals surface area contributed by atoms with E-state index in [2.05, 4.69) is 37.3 Å². The molecule has 0 saturated heterocycles. The lowest BCUT2D eigenvalue weighted by Gasteiger charge is -2.35. The SMILES string of the molecule is CC1CCCC(O)(CNC(=O)c2c(Cl)ccc3nc(C4CCC(N(C)C)C4)ccc23)C1. The topological polar surface area (TPSA) is 65.5 Å². The van der Waals surface area contributed by atoms with Crippen molar-refractivity contribution in [2.45, 2.75) is 69.4 Å². The van der Waals surface area contributed by atoms with Gasteiger partial charge in [-0.05, 0) is 70.3 Å². The summed E-state index contributed by atoms with van der Waals surface area (Å²) in [6, 6.07) is 8.28. The highest BCUT2D eigenvalue weighted by Crippen LogP contribution is 2.37. The van der Waals surface area contributed by atoms with E-state index in [-0.39, 0.29) is 12.5 Å². The Balaban J connectivity index is 1.53. The van der Waals surface area contributed by atoms with Crippen LogP contribution in [0.5, 0.6) is 0 Å². The second kappa shape index (κ2) is 9.05. The summed E-state index contributed by atoms with van der Waals surface area (Å²) in [7, 11) is 4.27. The molecule has 4 rings (SSSR count). The standard InChI is InChI=1S/C25H34ClN3O2/c1-16-5-4-12-25(31,14-16)15-27-24(30)23-19-8-10-21(28-22(19)11-9-20(23)26)17-6-7-18(13-17)29(2)3/h8-11,16-18,31H,4-7,12-15H2,1-3H3,(H,27,30). The van der Waals surface area contributed by atoms with Crippen molar-refractivity contribution >= 4 is 28.4 Å². The first-order chi connectivity index (χ1) is 14.8.